The Morgan fingerprint density at radius 3 is 2.50 bits per heavy atom. The molecule has 1 amide bonds. The van der Waals surface area contributed by atoms with Gasteiger partial charge in [0.15, 0.2) is 17.5 Å². The van der Waals surface area contributed by atoms with Gasteiger partial charge >= 0.3 is 0 Å². The van der Waals surface area contributed by atoms with Gasteiger partial charge in [0, 0.05) is 42.3 Å². The van der Waals surface area contributed by atoms with Gasteiger partial charge in [-0.2, -0.15) is 5.10 Å². The third kappa shape index (κ3) is 4.83. The van der Waals surface area contributed by atoms with Crippen molar-refractivity contribution in [3.05, 3.63) is 90.3 Å². The molecule has 6 nitrogen and oxygen atoms in total. The van der Waals surface area contributed by atoms with E-state index in [4.69, 9.17) is 0 Å². The summed E-state index contributed by atoms with van der Waals surface area (Å²) in [5, 5.41) is 4.30. The standard InChI is InChI=1S/C25H22F3N5O/c1-3-33(25(34)21-12-19(26)6-7-20(21)24-29-9-4-10-30-24)16(2)14-32-15-18(13-31-32)17-5-8-22(27)23(28)11-17/h4-13,15-16H,3,14H2,1-2H3/t16-/m0/s1. The first-order valence-corrected chi connectivity index (χ1v) is 10.7. The first-order valence-electron chi connectivity index (χ1n) is 10.7. The number of aromatic nitrogens is 4. The van der Waals surface area contributed by atoms with Crippen LogP contribution in [0.25, 0.3) is 22.5 Å². The Balaban J connectivity index is 1.57. The van der Waals surface area contributed by atoms with Crippen LogP contribution in [0.4, 0.5) is 13.2 Å². The fourth-order valence-electron chi connectivity index (χ4n) is 3.79. The zero-order valence-corrected chi connectivity index (χ0v) is 18.6. The summed E-state index contributed by atoms with van der Waals surface area (Å²) in [6, 6.07) is 8.97. The monoisotopic (exact) mass is 465 g/mol. The molecule has 0 aliphatic carbocycles. The second kappa shape index (κ2) is 9.86. The van der Waals surface area contributed by atoms with Crippen molar-refractivity contribution >= 4 is 5.91 Å². The number of carbonyl (C=O) groups is 1. The largest absolute Gasteiger partial charge is 0.334 e. The fourth-order valence-corrected chi connectivity index (χ4v) is 3.79. The van der Waals surface area contributed by atoms with Crippen LogP contribution < -0.4 is 0 Å². The van der Waals surface area contributed by atoms with Gasteiger partial charge in [0.2, 0.25) is 0 Å². The topological polar surface area (TPSA) is 63.9 Å². The molecule has 34 heavy (non-hydrogen) atoms. The molecular weight excluding hydrogens is 443 g/mol. The molecule has 4 aromatic rings. The van der Waals surface area contributed by atoms with Gasteiger partial charge in [-0.25, -0.2) is 23.1 Å². The summed E-state index contributed by atoms with van der Waals surface area (Å²) in [6.07, 6.45) is 6.37. The maximum atomic E-state index is 14.1. The van der Waals surface area contributed by atoms with Gasteiger partial charge < -0.3 is 4.90 Å². The molecule has 0 fully saturated rings. The molecule has 0 saturated carbocycles. The van der Waals surface area contributed by atoms with Crippen LogP contribution in [0.3, 0.4) is 0 Å². The van der Waals surface area contributed by atoms with Crippen molar-refractivity contribution in [3.63, 3.8) is 0 Å². The predicted octanol–water partition coefficient (Wildman–Crippen LogP) is 4.98. The molecule has 2 aromatic carbocycles. The van der Waals surface area contributed by atoms with Gasteiger partial charge in [-0.15, -0.1) is 0 Å². The van der Waals surface area contributed by atoms with Crippen LogP contribution in [0, 0.1) is 17.5 Å². The second-order valence-corrected chi connectivity index (χ2v) is 7.78. The van der Waals surface area contributed by atoms with Crippen LogP contribution in [0.15, 0.2) is 67.3 Å². The summed E-state index contributed by atoms with van der Waals surface area (Å²) in [7, 11) is 0. The first kappa shape index (κ1) is 23.2. The third-order valence-electron chi connectivity index (χ3n) is 5.49. The highest BCUT2D eigenvalue weighted by atomic mass is 19.2. The van der Waals surface area contributed by atoms with Crippen molar-refractivity contribution in [1.82, 2.24) is 24.6 Å². The molecule has 0 unspecified atom stereocenters. The van der Waals surface area contributed by atoms with E-state index in [1.807, 2.05) is 13.8 Å². The molecule has 4 rings (SSSR count). The molecule has 0 bridgehead atoms. The number of hydrogen-bond donors (Lipinski definition) is 0. The van der Waals surface area contributed by atoms with E-state index < -0.39 is 17.5 Å². The van der Waals surface area contributed by atoms with E-state index in [0.29, 0.717) is 35.6 Å². The molecule has 0 saturated heterocycles. The summed E-state index contributed by atoms with van der Waals surface area (Å²) in [6.45, 7) is 4.42. The highest BCUT2D eigenvalue weighted by Gasteiger charge is 2.25. The van der Waals surface area contributed by atoms with Crippen LogP contribution in [-0.2, 0) is 6.54 Å². The summed E-state index contributed by atoms with van der Waals surface area (Å²) >= 11 is 0. The highest BCUT2D eigenvalue weighted by Crippen LogP contribution is 2.24. The zero-order valence-electron chi connectivity index (χ0n) is 18.6. The fraction of sp³-hybridized carbons (Fsp3) is 0.200. The van der Waals surface area contributed by atoms with Crippen molar-refractivity contribution in [3.8, 4) is 22.5 Å². The lowest BCUT2D eigenvalue weighted by Gasteiger charge is -2.29. The van der Waals surface area contributed by atoms with Crippen LogP contribution in [-0.4, -0.2) is 43.1 Å². The molecule has 0 spiro atoms. The normalized spacial score (nSPS) is 11.9. The van der Waals surface area contributed by atoms with Crippen LogP contribution in [0.5, 0.6) is 0 Å². The van der Waals surface area contributed by atoms with E-state index in [-0.39, 0.29) is 17.5 Å². The van der Waals surface area contributed by atoms with Gasteiger partial charge in [0.05, 0.1) is 18.3 Å². The predicted molar refractivity (Wildman–Crippen MR) is 121 cm³/mol. The van der Waals surface area contributed by atoms with Gasteiger partial charge in [-0.05, 0) is 55.8 Å². The molecular formula is C25H22F3N5O. The first-order chi connectivity index (χ1) is 16.4. The summed E-state index contributed by atoms with van der Waals surface area (Å²) in [5.74, 6) is -2.41. The van der Waals surface area contributed by atoms with Crippen molar-refractivity contribution in [2.75, 3.05) is 6.54 Å². The van der Waals surface area contributed by atoms with E-state index in [1.54, 1.807) is 40.4 Å². The second-order valence-electron chi connectivity index (χ2n) is 7.78. The number of nitrogens with zero attached hydrogens (tertiary/aromatic N) is 5. The molecule has 2 heterocycles. The Morgan fingerprint density at radius 1 is 1.03 bits per heavy atom. The van der Waals surface area contributed by atoms with Crippen molar-refractivity contribution in [2.45, 2.75) is 26.4 Å². The average molecular weight is 465 g/mol. The molecule has 0 aliphatic rings. The number of likely N-dealkylation sites (N-methyl/N-ethyl adjacent to an activating group) is 1. The third-order valence-corrected chi connectivity index (χ3v) is 5.49. The number of hydrogen-bond acceptors (Lipinski definition) is 4. The Kier molecular flexibility index (Phi) is 6.72. The van der Waals surface area contributed by atoms with Gasteiger partial charge in [0.25, 0.3) is 5.91 Å². The minimum atomic E-state index is -0.935. The van der Waals surface area contributed by atoms with Crippen molar-refractivity contribution in [2.24, 2.45) is 0 Å². The summed E-state index contributed by atoms with van der Waals surface area (Å²) < 4.78 is 42.5. The van der Waals surface area contributed by atoms with E-state index in [9.17, 15) is 18.0 Å². The Bertz CT molecular complexity index is 1310. The van der Waals surface area contributed by atoms with Crippen LogP contribution >= 0.6 is 0 Å². The van der Waals surface area contributed by atoms with Crippen LogP contribution in [0.2, 0.25) is 0 Å². The number of halogens is 3. The summed E-state index contributed by atoms with van der Waals surface area (Å²) in [4.78, 5) is 23.4. The Hall–Kier alpha value is -4.01. The smallest absolute Gasteiger partial charge is 0.255 e. The van der Waals surface area contributed by atoms with Crippen LogP contribution in [0.1, 0.15) is 24.2 Å². The van der Waals surface area contributed by atoms with Gasteiger partial charge in [0.1, 0.15) is 5.82 Å². The Morgan fingerprint density at radius 2 is 1.79 bits per heavy atom. The molecule has 174 valence electrons. The molecule has 0 radical (unpaired) electrons. The van der Waals surface area contributed by atoms with E-state index in [2.05, 4.69) is 15.1 Å². The van der Waals surface area contributed by atoms with Gasteiger partial charge in [-0.3, -0.25) is 9.48 Å². The lowest BCUT2D eigenvalue weighted by atomic mass is 10.0. The molecule has 2 aromatic heterocycles. The van der Waals surface area contributed by atoms with E-state index in [0.717, 1.165) is 12.1 Å². The number of rotatable bonds is 7. The number of benzene rings is 2. The quantitative estimate of drug-likeness (QED) is 0.386. The number of carbonyl (C=O) groups excluding carboxylic acids is 1. The maximum Gasteiger partial charge on any atom is 0.255 e. The SMILES string of the molecule is CCN(C(=O)c1cc(F)ccc1-c1ncccn1)[C@@H](C)Cn1cc(-c2ccc(F)c(F)c2)cn1. The summed E-state index contributed by atoms with van der Waals surface area (Å²) in [5.41, 5.74) is 1.72. The average Bonchev–Trinajstić information content (AvgIpc) is 3.30. The zero-order chi connectivity index (χ0) is 24.2. The van der Waals surface area contributed by atoms with E-state index in [1.165, 1.54) is 24.3 Å². The molecule has 0 N–H and O–H groups in total. The lowest BCUT2D eigenvalue weighted by Crippen LogP contribution is -2.41. The molecule has 9 heteroatoms. The molecule has 1 atom stereocenters. The highest BCUT2D eigenvalue weighted by molar-refractivity contribution is 6.00. The molecule has 0 aliphatic heterocycles. The van der Waals surface area contributed by atoms with Crippen molar-refractivity contribution in [1.29, 1.82) is 0 Å². The maximum absolute atomic E-state index is 14.1. The minimum Gasteiger partial charge on any atom is -0.334 e. The van der Waals surface area contributed by atoms with E-state index >= 15 is 0 Å². The van der Waals surface area contributed by atoms with Gasteiger partial charge in [-0.1, -0.05) is 6.07 Å². The lowest BCUT2D eigenvalue weighted by molar-refractivity contribution is 0.0685. The Labute approximate surface area is 194 Å². The number of amides is 1. The van der Waals surface area contributed by atoms with Crippen molar-refractivity contribution < 1.29 is 18.0 Å². The minimum absolute atomic E-state index is 0.169.